The fourth-order valence-corrected chi connectivity index (χ4v) is 8.54. The van der Waals surface area contributed by atoms with Gasteiger partial charge in [-0.2, -0.15) is 0 Å². The molecule has 3 aromatic carbocycles. The van der Waals surface area contributed by atoms with Crippen LogP contribution in [0.2, 0.25) is 0 Å². The van der Waals surface area contributed by atoms with E-state index in [1.807, 2.05) is 42.5 Å². The van der Waals surface area contributed by atoms with E-state index in [4.69, 9.17) is 11.9 Å². The summed E-state index contributed by atoms with van der Waals surface area (Å²) in [6.07, 6.45) is 5.19. The molecule has 45 heavy (non-hydrogen) atoms. The molecule has 0 aliphatic heterocycles. The van der Waals surface area contributed by atoms with Gasteiger partial charge in [-0.05, 0) is 86.0 Å². The van der Waals surface area contributed by atoms with Gasteiger partial charge < -0.3 is 0 Å². The second-order valence-corrected chi connectivity index (χ2v) is 15.2. The van der Waals surface area contributed by atoms with Crippen molar-refractivity contribution >= 4 is 74.0 Å². The zero-order valence-corrected chi connectivity index (χ0v) is 28.2. The molecule has 0 amide bonds. The van der Waals surface area contributed by atoms with Gasteiger partial charge in [-0.3, -0.25) is 0 Å². The van der Waals surface area contributed by atoms with Gasteiger partial charge in [0.1, 0.15) is 0 Å². The third-order valence-electron chi connectivity index (χ3n) is 6.99. The Morgan fingerprint density at radius 3 is 1.73 bits per heavy atom. The minimum atomic E-state index is -3.76. The Labute approximate surface area is 289 Å². The molecule has 234 valence electrons. The number of pyridine rings is 2. The summed E-state index contributed by atoms with van der Waals surface area (Å²) in [6.45, 7) is 0. The largest absolute Gasteiger partial charge is 0.269 e. The molecule has 0 saturated carbocycles. The molecule has 0 N–H and O–H groups in total. The van der Waals surface area contributed by atoms with Gasteiger partial charge in [0.05, 0.1) is 9.79 Å². The summed E-state index contributed by atoms with van der Waals surface area (Å²) < 4.78 is 95.9. The van der Waals surface area contributed by atoms with E-state index in [1.54, 1.807) is 85.2 Å². The van der Waals surface area contributed by atoms with Gasteiger partial charge in [0.15, 0.2) is 11.3 Å². The number of fused-ring (bicyclic) bond motifs is 2. The normalized spacial score (nSPS) is 12.5. The molecule has 0 radical (unpaired) electrons. The van der Waals surface area contributed by atoms with Gasteiger partial charge in [0, 0.05) is 62.3 Å². The molecule has 4 heterocycles. The van der Waals surface area contributed by atoms with Crippen molar-refractivity contribution in [3.05, 3.63) is 154 Å². The first kappa shape index (κ1) is 26.1. The van der Waals surface area contributed by atoms with Crippen LogP contribution in [-0.2, 0) is 26.5 Å². The molecule has 0 saturated heterocycles. The quantitative estimate of drug-likeness (QED) is 0.167. The zero-order valence-electron chi connectivity index (χ0n) is 31.4. The van der Waals surface area contributed by atoms with E-state index in [0.717, 1.165) is 25.3 Å². The van der Waals surface area contributed by atoms with Crippen molar-refractivity contribution in [1.82, 2.24) is 17.9 Å². The summed E-state index contributed by atoms with van der Waals surface area (Å²) in [4.78, 5) is 8.99. The number of benzene rings is 3. The molecule has 0 aliphatic carbocycles. The van der Waals surface area contributed by atoms with Gasteiger partial charge in [-0.1, -0.05) is 66.7 Å². The van der Waals surface area contributed by atoms with Gasteiger partial charge in [-0.15, -0.1) is 0 Å². The summed E-state index contributed by atoms with van der Waals surface area (Å²) >= 11 is 6.89. The van der Waals surface area contributed by atoms with Crippen LogP contribution in [0, 0.1) is 0 Å². The summed E-state index contributed by atoms with van der Waals surface area (Å²) in [5, 5.41) is 1.54. The number of hydrogen-bond donors (Lipinski definition) is 0. The van der Waals surface area contributed by atoms with Crippen molar-refractivity contribution < 1.29 is 28.7 Å². The van der Waals surface area contributed by atoms with Crippen LogP contribution < -0.4 is 0 Å². The number of halogens is 2. The standard InChI is InChI=1S/C20H15BrN2O2S.C13H9BrN2O2S.4H2/c21-19-11-12-22-20-18(19)14-16(13-15-7-3-1-4-8-15)23(20)26(24,25)17-9-5-2-6-10-17;14-12-6-8-15-13-11(12)7-9-16(13)19(17,18)10-4-2-1-3-5-10;;;;/h1-12,14H,13H2;1-9H;4*1H/i;;4*1+1D. The average molecular weight is 781 g/mol. The van der Waals surface area contributed by atoms with Crippen LogP contribution in [-0.4, -0.2) is 34.7 Å². The van der Waals surface area contributed by atoms with Crippen molar-refractivity contribution in [3.8, 4) is 0 Å². The lowest BCUT2D eigenvalue weighted by Crippen LogP contribution is -2.16. The highest BCUT2D eigenvalue weighted by Gasteiger charge is 2.25. The van der Waals surface area contributed by atoms with E-state index >= 15 is 0 Å². The lowest BCUT2D eigenvalue weighted by molar-refractivity contribution is 0.586. The van der Waals surface area contributed by atoms with Crippen LogP contribution in [0.5, 0.6) is 0 Å². The van der Waals surface area contributed by atoms with Crippen molar-refractivity contribution in [2.24, 2.45) is 0 Å². The van der Waals surface area contributed by atoms with E-state index in [9.17, 15) is 16.8 Å². The van der Waals surface area contributed by atoms with Crippen molar-refractivity contribution in [3.63, 3.8) is 0 Å². The highest BCUT2D eigenvalue weighted by molar-refractivity contribution is 9.11. The van der Waals surface area contributed by atoms with Crippen LogP contribution >= 0.6 is 31.9 Å². The van der Waals surface area contributed by atoms with Crippen LogP contribution in [0.25, 0.3) is 22.1 Å². The van der Waals surface area contributed by atoms with Gasteiger partial charge >= 0.3 is 0 Å². The van der Waals surface area contributed by atoms with Gasteiger partial charge in [0.25, 0.3) is 20.0 Å². The molecule has 0 bridgehead atoms. The average Bonchev–Trinajstić information content (AvgIpc) is 3.84. The van der Waals surface area contributed by atoms with E-state index in [-0.39, 0.29) is 9.79 Å². The number of aromatic nitrogens is 4. The SMILES string of the molecule is O=S(=O)(c1ccccc1)n1c(Cc2ccccc2)cc2c(Br)ccnc21.O=S(=O)(c1ccccc1)n1ccc2c(Br)ccnc21.[2H][2H].[2H][2H].[2H][2H].[2H][2H]. The summed E-state index contributed by atoms with van der Waals surface area (Å²) in [5.41, 5.74) is 2.55. The van der Waals surface area contributed by atoms with Crippen LogP contribution in [0.1, 0.15) is 23.1 Å². The minimum absolute atomic E-state index is 0.244. The summed E-state index contributed by atoms with van der Waals surface area (Å²) in [5.74, 6) is 0. The lowest BCUT2D eigenvalue weighted by Gasteiger charge is -2.11. The first-order chi connectivity index (χ1) is 25.7. The second-order valence-electron chi connectivity index (χ2n) is 9.87. The molecular weight excluding hydrogens is 740 g/mol. The molecule has 0 aliphatic rings. The molecule has 0 unspecified atom stereocenters. The second kappa shape index (κ2) is 12.7. The Bertz CT molecular complexity index is 2380. The molecule has 0 spiro atoms. The zero-order chi connectivity index (χ0) is 39.6. The van der Waals surface area contributed by atoms with Gasteiger partial charge in [0.2, 0.25) is 0 Å². The topological polar surface area (TPSA) is 104 Å². The molecule has 4 aromatic heterocycles. The van der Waals surface area contributed by atoms with E-state index in [0.29, 0.717) is 23.4 Å². The molecule has 12 heteroatoms. The highest BCUT2D eigenvalue weighted by Crippen LogP contribution is 2.30. The Balaban J connectivity index is 0.000000319. The van der Waals surface area contributed by atoms with E-state index in [2.05, 4.69) is 41.8 Å². The molecular formula is C33H32Br2N4O4S2. The van der Waals surface area contributed by atoms with Crippen LogP contribution in [0.3, 0.4) is 0 Å². The van der Waals surface area contributed by atoms with Crippen molar-refractivity contribution in [1.29, 1.82) is 0 Å². The predicted molar refractivity (Wildman–Crippen MR) is 191 cm³/mol. The predicted octanol–water partition coefficient (Wildman–Crippen LogP) is 8.65. The maximum atomic E-state index is 13.3. The fourth-order valence-electron chi connectivity index (χ4n) is 4.87. The molecule has 7 aromatic rings. The summed E-state index contributed by atoms with van der Waals surface area (Å²) in [6, 6.07) is 33.8. The molecule has 8 nitrogen and oxygen atoms in total. The maximum absolute atomic E-state index is 13.3. The number of hydrogen-bond acceptors (Lipinski definition) is 6. The monoisotopic (exact) mass is 778 g/mol. The van der Waals surface area contributed by atoms with Crippen molar-refractivity contribution in [2.45, 2.75) is 16.2 Å². The number of rotatable bonds is 6. The van der Waals surface area contributed by atoms with Crippen LogP contribution in [0.15, 0.2) is 153 Å². The Hall–Kier alpha value is -4.10. The first-order valence-corrected chi connectivity index (χ1v) is 18.1. The molecule has 0 atom stereocenters. The van der Waals surface area contributed by atoms with E-state index in [1.165, 1.54) is 14.1 Å². The maximum Gasteiger partial charge on any atom is 0.269 e. The van der Waals surface area contributed by atoms with E-state index < -0.39 is 20.0 Å². The summed E-state index contributed by atoms with van der Waals surface area (Å²) in [7, 11) is -7.36. The minimum Gasteiger partial charge on any atom is -0.237 e. The lowest BCUT2D eigenvalue weighted by atomic mass is 10.1. The smallest absolute Gasteiger partial charge is 0.237 e. The Kier molecular flexibility index (Phi) is 7.39. The third kappa shape index (κ3) is 6.10. The molecule has 7 rings (SSSR count). The Morgan fingerprint density at radius 1 is 0.622 bits per heavy atom. The third-order valence-corrected chi connectivity index (χ3v) is 11.8. The number of nitrogens with zero attached hydrogens (tertiary/aromatic N) is 4. The highest BCUT2D eigenvalue weighted by atomic mass is 79.9. The molecule has 0 fully saturated rings. The fraction of sp³-hybridized carbons (Fsp3) is 0.0303. The van der Waals surface area contributed by atoms with Crippen molar-refractivity contribution in [2.75, 3.05) is 0 Å². The Morgan fingerprint density at radius 2 is 1.13 bits per heavy atom. The van der Waals surface area contributed by atoms with Crippen LogP contribution in [0.4, 0.5) is 0 Å². The van der Waals surface area contributed by atoms with Gasteiger partial charge in [-0.25, -0.2) is 34.7 Å². The first-order valence-electron chi connectivity index (χ1n) is 17.6.